The van der Waals surface area contributed by atoms with Crippen LogP contribution in [0.1, 0.15) is 24.8 Å². The van der Waals surface area contributed by atoms with E-state index in [-0.39, 0.29) is 5.91 Å². The molecule has 1 saturated heterocycles. The number of hydrogen-bond donors (Lipinski definition) is 1. The minimum Gasteiger partial charge on any atom is -0.340 e. The molecule has 2 N–H and O–H groups in total. The Labute approximate surface area is 120 Å². The van der Waals surface area contributed by atoms with Gasteiger partial charge in [-0.3, -0.25) is 9.69 Å². The van der Waals surface area contributed by atoms with Gasteiger partial charge in [-0.05, 0) is 24.8 Å². The first-order chi connectivity index (χ1) is 9.67. The molecule has 0 spiro atoms. The number of nitrogens with zero attached hydrogens (tertiary/aromatic N) is 2. The predicted octanol–water partition coefficient (Wildman–Crippen LogP) is 1.21. The van der Waals surface area contributed by atoms with Gasteiger partial charge in [0.1, 0.15) is 0 Å². The molecule has 0 aromatic heterocycles. The van der Waals surface area contributed by atoms with Crippen molar-refractivity contribution in [3.63, 3.8) is 0 Å². The van der Waals surface area contributed by atoms with Gasteiger partial charge in [0, 0.05) is 32.7 Å². The molecule has 20 heavy (non-hydrogen) atoms. The second kappa shape index (κ2) is 5.54. The third-order valence-corrected chi connectivity index (χ3v) is 4.34. The SMILES string of the molecule is NC1(C(=O)N2CCCN(Cc3ccccc3)CC2)CC1. The van der Waals surface area contributed by atoms with Gasteiger partial charge in [-0.2, -0.15) is 0 Å². The van der Waals surface area contributed by atoms with Crippen molar-refractivity contribution in [1.29, 1.82) is 0 Å². The Bertz CT molecular complexity index is 470. The fraction of sp³-hybridized carbons (Fsp3) is 0.562. The van der Waals surface area contributed by atoms with Crippen molar-refractivity contribution in [2.24, 2.45) is 5.73 Å². The maximum absolute atomic E-state index is 12.3. The number of carbonyl (C=O) groups is 1. The molecule has 2 fully saturated rings. The van der Waals surface area contributed by atoms with E-state index >= 15 is 0 Å². The van der Waals surface area contributed by atoms with Crippen molar-refractivity contribution in [3.05, 3.63) is 35.9 Å². The van der Waals surface area contributed by atoms with Gasteiger partial charge in [0.25, 0.3) is 0 Å². The van der Waals surface area contributed by atoms with E-state index in [1.54, 1.807) is 0 Å². The molecule has 108 valence electrons. The Morgan fingerprint density at radius 1 is 1.10 bits per heavy atom. The zero-order valence-electron chi connectivity index (χ0n) is 11.9. The average molecular weight is 273 g/mol. The van der Waals surface area contributed by atoms with Crippen molar-refractivity contribution in [1.82, 2.24) is 9.80 Å². The molecular weight excluding hydrogens is 250 g/mol. The van der Waals surface area contributed by atoms with Crippen LogP contribution in [0.15, 0.2) is 30.3 Å². The van der Waals surface area contributed by atoms with Gasteiger partial charge in [0.2, 0.25) is 5.91 Å². The van der Waals surface area contributed by atoms with Crippen molar-refractivity contribution in [2.45, 2.75) is 31.3 Å². The van der Waals surface area contributed by atoms with E-state index in [0.717, 1.165) is 52.0 Å². The molecule has 0 radical (unpaired) electrons. The zero-order chi connectivity index (χ0) is 14.0. The number of amides is 1. The number of nitrogens with two attached hydrogens (primary N) is 1. The normalized spacial score (nSPS) is 22.4. The fourth-order valence-corrected chi connectivity index (χ4v) is 2.84. The third kappa shape index (κ3) is 3.02. The largest absolute Gasteiger partial charge is 0.340 e. The second-order valence-electron chi connectivity index (χ2n) is 6.06. The molecule has 1 heterocycles. The van der Waals surface area contributed by atoms with E-state index < -0.39 is 5.54 Å². The molecule has 1 aromatic carbocycles. The highest BCUT2D eigenvalue weighted by Crippen LogP contribution is 2.34. The maximum atomic E-state index is 12.3. The first-order valence-electron chi connectivity index (χ1n) is 7.52. The van der Waals surface area contributed by atoms with E-state index in [0.29, 0.717) is 0 Å². The van der Waals surface area contributed by atoms with Crippen LogP contribution in [0.4, 0.5) is 0 Å². The predicted molar refractivity (Wildman–Crippen MR) is 79.1 cm³/mol. The Hall–Kier alpha value is -1.39. The molecule has 1 aromatic rings. The van der Waals surface area contributed by atoms with Gasteiger partial charge < -0.3 is 10.6 Å². The van der Waals surface area contributed by atoms with Gasteiger partial charge in [-0.25, -0.2) is 0 Å². The summed E-state index contributed by atoms with van der Waals surface area (Å²) in [6.45, 7) is 4.62. The second-order valence-corrected chi connectivity index (χ2v) is 6.06. The first kappa shape index (κ1) is 13.6. The molecule has 4 heteroatoms. The summed E-state index contributed by atoms with van der Waals surface area (Å²) < 4.78 is 0. The van der Waals surface area contributed by atoms with Crippen LogP contribution in [-0.2, 0) is 11.3 Å². The molecule has 0 unspecified atom stereocenters. The Balaban J connectivity index is 1.55. The van der Waals surface area contributed by atoms with Gasteiger partial charge in [-0.15, -0.1) is 0 Å². The van der Waals surface area contributed by atoms with Gasteiger partial charge in [0.05, 0.1) is 5.54 Å². The summed E-state index contributed by atoms with van der Waals surface area (Å²) in [5, 5.41) is 0. The molecule has 1 amide bonds. The quantitative estimate of drug-likeness (QED) is 0.900. The van der Waals surface area contributed by atoms with Crippen molar-refractivity contribution in [2.75, 3.05) is 26.2 Å². The van der Waals surface area contributed by atoms with Crippen molar-refractivity contribution < 1.29 is 4.79 Å². The van der Waals surface area contributed by atoms with E-state index in [9.17, 15) is 4.79 Å². The average Bonchev–Trinajstić information content (AvgIpc) is 3.24. The molecule has 4 nitrogen and oxygen atoms in total. The summed E-state index contributed by atoms with van der Waals surface area (Å²) in [6, 6.07) is 10.5. The van der Waals surface area contributed by atoms with Crippen LogP contribution >= 0.6 is 0 Å². The monoisotopic (exact) mass is 273 g/mol. The number of benzene rings is 1. The van der Waals surface area contributed by atoms with E-state index in [1.807, 2.05) is 11.0 Å². The van der Waals surface area contributed by atoms with Crippen LogP contribution in [0.25, 0.3) is 0 Å². The topological polar surface area (TPSA) is 49.6 Å². The lowest BCUT2D eigenvalue weighted by Gasteiger charge is -2.24. The van der Waals surface area contributed by atoms with Crippen molar-refractivity contribution >= 4 is 5.91 Å². The molecule has 3 rings (SSSR count). The molecule has 1 aliphatic carbocycles. The Morgan fingerprint density at radius 2 is 1.85 bits per heavy atom. The highest BCUT2D eigenvalue weighted by atomic mass is 16.2. The van der Waals surface area contributed by atoms with Crippen LogP contribution in [0.5, 0.6) is 0 Å². The maximum Gasteiger partial charge on any atom is 0.242 e. The van der Waals surface area contributed by atoms with Crippen LogP contribution in [0, 0.1) is 0 Å². The molecular formula is C16H23N3O. The summed E-state index contributed by atoms with van der Waals surface area (Å²) >= 11 is 0. The summed E-state index contributed by atoms with van der Waals surface area (Å²) in [4.78, 5) is 16.7. The van der Waals surface area contributed by atoms with Crippen molar-refractivity contribution in [3.8, 4) is 0 Å². The highest BCUT2D eigenvalue weighted by molar-refractivity contribution is 5.89. The Kier molecular flexibility index (Phi) is 3.76. The zero-order valence-corrected chi connectivity index (χ0v) is 11.9. The van der Waals surface area contributed by atoms with Gasteiger partial charge in [0.15, 0.2) is 0 Å². The highest BCUT2D eigenvalue weighted by Gasteiger charge is 2.48. The first-order valence-corrected chi connectivity index (χ1v) is 7.52. The lowest BCUT2D eigenvalue weighted by atomic mass is 10.2. The van der Waals surface area contributed by atoms with Crippen LogP contribution in [-0.4, -0.2) is 47.4 Å². The fourth-order valence-electron chi connectivity index (χ4n) is 2.84. The van der Waals surface area contributed by atoms with Gasteiger partial charge in [-0.1, -0.05) is 30.3 Å². The molecule has 1 aliphatic heterocycles. The third-order valence-electron chi connectivity index (χ3n) is 4.34. The summed E-state index contributed by atoms with van der Waals surface area (Å²) in [5.41, 5.74) is 6.84. The van der Waals surface area contributed by atoms with E-state index in [1.165, 1.54) is 5.56 Å². The molecule has 0 atom stereocenters. The lowest BCUT2D eigenvalue weighted by molar-refractivity contribution is -0.133. The number of hydrogen-bond acceptors (Lipinski definition) is 3. The lowest BCUT2D eigenvalue weighted by Crippen LogP contribution is -2.47. The molecule has 2 aliphatic rings. The molecule has 0 bridgehead atoms. The minimum absolute atomic E-state index is 0.166. The van der Waals surface area contributed by atoms with E-state index in [4.69, 9.17) is 5.73 Å². The number of rotatable bonds is 3. The van der Waals surface area contributed by atoms with E-state index in [2.05, 4.69) is 29.2 Å². The summed E-state index contributed by atoms with van der Waals surface area (Å²) in [6.07, 6.45) is 2.75. The number of carbonyl (C=O) groups excluding carboxylic acids is 1. The van der Waals surface area contributed by atoms with Crippen LogP contribution in [0.3, 0.4) is 0 Å². The molecule has 1 saturated carbocycles. The smallest absolute Gasteiger partial charge is 0.242 e. The minimum atomic E-state index is -0.519. The Morgan fingerprint density at radius 3 is 2.55 bits per heavy atom. The summed E-state index contributed by atoms with van der Waals surface area (Å²) in [5.74, 6) is 0.166. The summed E-state index contributed by atoms with van der Waals surface area (Å²) in [7, 11) is 0. The van der Waals surface area contributed by atoms with Crippen LogP contribution in [0.2, 0.25) is 0 Å². The van der Waals surface area contributed by atoms with Gasteiger partial charge >= 0.3 is 0 Å². The standard InChI is InChI=1S/C16H23N3O/c17-16(7-8-16)15(20)19-10-4-9-18(11-12-19)13-14-5-2-1-3-6-14/h1-3,5-6H,4,7-13,17H2. The van der Waals surface area contributed by atoms with Crippen LogP contribution < -0.4 is 5.73 Å².